The highest BCUT2D eigenvalue weighted by molar-refractivity contribution is 5.80. The van der Waals surface area contributed by atoms with Gasteiger partial charge in [0.1, 0.15) is 0 Å². The van der Waals surface area contributed by atoms with Gasteiger partial charge in [-0.1, -0.05) is 84.9 Å². The molecule has 3 aromatic rings. The second-order valence-electron chi connectivity index (χ2n) is 6.16. The summed E-state index contributed by atoms with van der Waals surface area (Å²) >= 11 is 0. The zero-order valence-electron chi connectivity index (χ0n) is 14.4. The molecule has 4 nitrogen and oxygen atoms in total. The topological polar surface area (TPSA) is 61.4 Å². The highest BCUT2D eigenvalue weighted by atomic mass is 16.5. The van der Waals surface area contributed by atoms with E-state index < -0.39 is 11.9 Å². The fourth-order valence-electron chi connectivity index (χ4n) is 2.87. The summed E-state index contributed by atoms with van der Waals surface area (Å²) in [6.07, 6.45) is 0.509. The van der Waals surface area contributed by atoms with Crippen molar-refractivity contribution in [1.82, 2.24) is 10.8 Å². The lowest BCUT2D eigenvalue weighted by molar-refractivity contribution is -0.131. The van der Waals surface area contributed by atoms with Gasteiger partial charge in [-0.05, 0) is 28.7 Å². The molecule has 4 heteroatoms. The molecule has 0 heterocycles. The smallest absolute Gasteiger partial charge is 0.260 e. The summed E-state index contributed by atoms with van der Waals surface area (Å²) in [5.41, 5.74) is 6.19. The number of benzene rings is 3. The van der Waals surface area contributed by atoms with E-state index in [1.807, 2.05) is 60.7 Å². The maximum atomic E-state index is 12.0. The van der Waals surface area contributed by atoms with Crippen molar-refractivity contribution in [2.24, 2.45) is 0 Å². The number of amides is 1. The third kappa shape index (κ3) is 4.79. The van der Waals surface area contributed by atoms with E-state index in [1.54, 1.807) is 5.48 Å². The van der Waals surface area contributed by atoms with Crippen LogP contribution >= 0.6 is 0 Å². The summed E-state index contributed by atoms with van der Waals surface area (Å²) < 4.78 is 0. The maximum Gasteiger partial charge on any atom is 0.260 e. The minimum atomic E-state index is -0.504. The van der Waals surface area contributed by atoms with Crippen LogP contribution in [0.5, 0.6) is 0 Å². The molecule has 0 aliphatic carbocycles. The maximum absolute atomic E-state index is 12.0. The summed E-state index contributed by atoms with van der Waals surface area (Å²) in [6, 6.07) is 27.7. The first-order valence-corrected chi connectivity index (χ1v) is 8.62. The van der Waals surface area contributed by atoms with Crippen LogP contribution in [0.15, 0.2) is 84.9 Å². The quantitative estimate of drug-likeness (QED) is 0.453. The van der Waals surface area contributed by atoms with E-state index in [0.717, 1.165) is 16.7 Å². The van der Waals surface area contributed by atoms with Gasteiger partial charge in [-0.15, -0.1) is 0 Å². The van der Waals surface area contributed by atoms with Crippen LogP contribution in [0.3, 0.4) is 0 Å². The molecule has 0 aliphatic rings. The summed E-state index contributed by atoms with van der Waals surface area (Å²) in [5.74, 6) is -0.435. The van der Waals surface area contributed by atoms with Crippen molar-refractivity contribution in [2.45, 2.75) is 19.0 Å². The molecule has 1 amide bonds. The largest absolute Gasteiger partial charge is 0.301 e. The number of hydroxylamine groups is 1. The van der Waals surface area contributed by atoms with Gasteiger partial charge in [0.25, 0.3) is 5.91 Å². The third-order valence-electron chi connectivity index (χ3n) is 4.32. The van der Waals surface area contributed by atoms with Gasteiger partial charge >= 0.3 is 0 Å². The van der Waals surface area contributed by atoms with Crippen molar-refractivity contribution >= 4 is 5.91 Å². The van der Waals surface area contributed by atoms with Gasteiger partial charge in [-0.25, -0.2) is 5.48 Å². The van der Waals surface area contributed by atoms with Crippen LogP contribution in [0.4, 0.5) is 0 Å². The first-order valence-electron chi connectivity index (χ1n) is 8.62. The monoisotopic (exact) mass is 346 g/mol. The van der Waals surface area contributed by atoms with E-state index in [1.165, 1.54) is 5.56 Å². The predicted octanol–water partition coefficient (Wildman–Crippen LogP) is 3.56. The lowest BCUT2D eigenvalue weighted by Crippen LogP contribution is -2.44. The molecule has 0 saturated carbocycles. The summed E-state index contributed by atoms with van der Waals surface area (Å²) in [5, 5.41) is 12.2. The second-order valence-corrected chi connectivity index (χ2v) is 6.16. The van der Waals surface area contributed by atoms with Crippen LogP contribution in [-0.2, 0) is 17.8 Å². The van der Waals surface area contributed by atoms with Crippen molar-refractivity contribution in [3.8, 4) is 11.1 Å². The number of rotatable bonds is 7. The van der Waals surface area contributed by atoms with Gasteiger partial charge in [-0.2, -0.15) is 0 Å². The number of carbonyl (C=O) groups is 1. The SMILES string of the molecule is O=C(NO)[C@@H](Cc1ccccc1)NCc1ccc(-c2ccccc2)cc1. The minimum Gasteiger partial charge on any atom is -0.301 e. The van der Waals surface area contributed by atoms with E-state index >= 15 is 0 Å². The van der Waals surface area contributed by atoms with Crippen LogP contribution in [0, 0.1) is 0 Å². The molecule has 0 bridgehead atoms. The van der Waals surface area contributed by atoms with Gasteiger partial charge in [-0.3, -0.25) is 10.0 Å². The molecule has 26 heavy (non-hydrogen) atoms. The van der Waals surface area contributed by atoms with Gasteiger partial charge in [0.2, 0.25) is 0 Å². The lowest BCUT2D eigenvalue weighted by Gasteiger charge is -2.17. The van der Waals surface area contributed by atoms with Crippen LogP contribution in [-0.4, -0.2) is 17.2 Å². The van der Waals surface area contributed by atoms with Gasteiger partial charge < -0.3 is 5.32 Å². The summed E-state index contributed by atoms with van der Waals surface area (Å²) in [4.78, 5) is 12.0. The van der Waals surface area contributed by atoms with Gasteiger partial charge in [0.15, 0.2) is 0 Å². The van der Waals surface area contributed by atoms with E-state index in [2.05, 4.69) is 29.6 Å². The van der Waals surface area contributed by atoms with Gasteiger partial charge in [0.05, 0.1) is 6.04 Å². The van der Waals surface area contributed by atoms with Crippen LogP contribution in [0.25, 0.3) is 11.1 Å². The van der Waals surface area contributed by atoms with Crippen LogP contribution in [0.2, 0.25) is 0 Å². The Morgan fingerprint density at radius 2 is 1.35 bits per heavy atom. The van der Waals surface area contributed by atoms with Crippen molar-refractivity contribution in [2.75, 3.05) is 0 Å². The van der Waals surface area contributed by atoms with E-state index in [-0.39, 0.29) is 0 Å². The average Bonchev–Trinajstić information content (AvgIpc) is 2.72. The third-order valence-corrected chi connectivity index (χ3v) is 4.32. The normalized spacial score (nSPS) is 11.7. The predicted molar refractivity (Wildman–Crippen MR) is 103 cm³/mol. The van der Waals surface area contributed by atoms with Crippen molar-refractivity contribution in [1.29, 1.82) is 0 Å². The Bertz CT molecular complexity index is 818. The van der Waals surface area contributed by atoms with E-state index in [4.69, 9.17) is 5.21 Å². The summed E-state index contributed by atoms with van der Waals surface area (Å²) in [6.45, 7) is 0.542. The molecule has 0 aromatic heterocycles. The number of hydrogen-bond donors (Lipinski definition) is 3. The van der Waals surface area contributed by atoms with Crippen molar-refractivity contribution in [3.05, 3.63) is 96.1 Å². The Labute approximate surface area is 153 Å². The molecule has 3 rings (SSSR count). The molecule has 1 atom stereocenters. The Hall–Kier alpha value is -2.95. The number of hydrogen-bond acceptors (Lipinski definition) is 3. The zero-order valence-corrected chi connectivity index (χ0v) is 14.4. The fraction of sp³-hybridized carbons (Fsp3) is 0.136. The van der Waals surface area contributed by atoms with Crippen molar-refractivity contribution < 1.29 is 10.0 Å². The van der Waals surface area contributed by atoms with Crippen LogP contribution in [0.1, 0.15) is 11.1 Å². The number of carbonyl (C=O) groups excluding carboxylic acids is 1. The molecular weight excluding hydrogens is 324 g/mol. The molecule has 3 aromatic carbocycles. The molecule has 0 aliphatic heterocycles. The molecule has 3 N–H and O–H groups in total. The molecule has 0 unspecified atom stereocenters. The standard InChI is InChI=1S/C22H22N2O2/c25-22(24-26)21(15-17-7-3-1-4-8-17)23-16-18-11-13-20(14-12-18)19-9-5-2-6-10-19/h1-14,21,23,26H,15-16H2,(H,24,25)/t21-/m1/s1. The Morgan fingerprint density at radius 3 is 1.96 bits per heavy atom. The number of nitrogens with one attached hydrogen (secondary N) is 2. The molecule has 0 radical (unpaired) electrons. The first kappa shape index (κ1) is 17.9. The van der Waals surface area contributed by atoms with E-state index in [9.17, 15) is 4.79 Å². The van der Waals surface area contributed by atoms with E-state index in [0.29, 0.717) is 13.0 Å². The summed E-state index contributed by atoms with van der Waals surface area (Å²) in [7, 11) is 0. The fourth-order valence-corrected chi connectivity index (χ4v) is 2.87. The van der Waals surface area contributed by atoms with Gasteiger partial charge in [0, 0.05) is 6.54 Å². The highest BCUT2D eigenvalue weighted by Gasteiger charge is 2.17. The van der Waals surface area contributed by atoms with Crippen LogP contribution < -0.4 is 10.8 Å². The average molecular weight is 346 g/mol. The first-order chi connectivity index (χ1) is 12.8. The minimum absolute atomic E-state index is 0.435. The molecule has 132 valence electrons. The molecular formula is C22H22N2O2. The van der Waals surface area contributed by atoms with Crippen molar-refractivity contribution in [3.63, 3.8) is 0 Å². The Kier molecular flexibility index (Phi) is 6.14. The Morgan fingerprint density at radius 1 is 0.769 bits per heavy atom. The zero-order chi connectivity index (χ0) is 18.2. The molecule has 0 spiro atoms. The highest BCUT2D eigenvalue weighted by Crippen LogP contribution is 2.19. The second kappa shape index (κ2) is 8.94. The Balaban J connectivity index is 1.64. The molecule has 0 fully saturated rings. The molecule has 0 saturated heterocycles. The lowest BCUT2D eigenvalue weighted by atomic mass is 10.0.